The van der Waals surface area contributed by atoms with E-state index in [9.17, 15) is 10.1 Å². The average Bonchev–Trinajstić information content (AvgIpc) is 3.13. The second kappa shape index (κ2) is 6.49. The first kappa shape index (κ1) is 15.7. The fraction of sp³-hybridized carbons (Fsp3) is 0.267. The quantitative estimate of drug-likeness (QED) is 0.529. The van der Waals surface area contributed by atoms with Gasteiger partial charge in [0.05, 0.1) is 4.92 Å². The van der Waals surface area contributed by atoms with Gasteiger partial charge in [0, 0.05) is 25.6 Å². The smallest absolute Gasteiger partial charge is 0.333 e. The summed E-state index contributed by atoms with van der Waals surface area (Å²) in [6.07, 6.45) is 0.557. The molecule has 2 heterocycles. The zero-order valence-corrected chi connectivity index (χ0v) is 13.4. The number of aryl methyl sites for hydroxylation is 2. The second-order valence-corrected chi connectivity index (χ2v) is 5.31. The molecule has 0 unspecified atom stereocenters. The Kier molecular flexibility index (Phi) is 4.23. The molecule has 3 rings (SSSR count). The lowest BCUT2D eigenvalue weighted by Gasteiger charge is -2.04. The molecule has 9 nitrogen and oxygen atoms in total. The Morgan fingerprint density at radius 1 is 1.33 bits per heavy atom. The predicted molar refractivity (Wildman–Crippen MR) is 88.6 cm³/mol. The molecule has 0 atom stereocenters. The molecule has 2 aromatic heterocycles. The van der Waals surface area contributed by atoms with Crippen molar-refractivity contribution in [2.24, 2.45) is 7.05 Å². The number of H-pyrrole nitrogens is 1. The van der Waals surface area contributed by atoms with Gasteiger partial charge < -0.3 is 5.32 Å². The highest BCUT2D eigenvalue weighted by atomic mass is 16.6. The van der Waals surface area contributed by atoms with Gasteiger partial charge in [0.1, 0.15) is 11.5 Å². The molecule has 0 aliphatic carbocycles. The highest BCUT2D eigenvalue weighted by Crippen LogP contribution is 2.27. The van der Waals surface area contributed by atoms with Crippen molar-refractivity contribution in [2.45, 2.75) is 13.3 Å². The first-order valence-corrected chi connectivity index (χ1v) is 7.45. The van der Waals surface area contributed by atoms with E-state index in [1.165, 1.54) is 4.68 Å². The second-order valence-electron chi connectivity index (χ2n) is 5.31. The molecule has 0 radical (unpaired) electrons. The van der Waals surface area contributed by atoms with Gasteiger partial charge in [-0.05, 0) is 6.92 Å². The number of benzene rings is 1. The van der Waals surface area contributed by atoms with Crippen molar-refractivity contribution in [2.75, 3.05) is 11.9 Å². The van der Waals surface area contributed by atoms with Crippen LogP contribution in [0.25, 0.3) is 11.4 Å². The van der Waals surface area contributed by atoms with Crippen molar-refractivity contribution in [1.82, 2.24) is 25.0 Å². The number of nitrogens with one attached hydrogen (secondary N) is 2. The van der Waals surface area contributed by atoms with Crippen LogP contribution in [0.3, 0.4) is 0 Å². The summed E-state index contributed by atoms with van der Waals surface area (Å²) in [5.41, 5.74) is 1.32. The monoisotopic (exact) mass is 327 g/mol. The third-order valence-corrected chi connectivity index (χ3v) is 3.59. The standard InChI is InChI=1S/C15H17N7O2/c1-10-13(22(23)24)15(21(2)20-10)16-9-8-12-17-14(19-18-12)11-6-4-3-5-7-11/h3-7,16H,8-9H2,1-2H3,(H,17,18,19). The van der Waals surface area contributed by atoms with Gasteiger partial charge in [-0.1, -0.05) is 30.3 Å². The van der Waals surface area contributed by atoms with Crippen molar-refractivity contribution < 1.29 is 4.92 Å². The molecule has 124 valence electrons. The van der Waals surface area contributed by atoms with Crippen LogP contribution in [0.4, 0.5) is 11.5 Å². The van der Waals surface area contributed by atoms with Crippen LogP contribution in [-0.2, 0) is 13.5 Å². The van der Waals surface area contributed by atoms with E-state index in [4.69, 9.17) is 0 Å². The van der Waals surface area contributed by atoms with E-state index in [1.807, 2.05) is 30.3 Å². The molecule has 0 fully saturated rings. The molecule has 3 aromatic rings. The normalized spacial score (nSPS) is 10.8. The van der Waals surface area contributed by atoms with Gasteiger partial charge in [-0.3, -0.25) is 15.2 Å². The average molecular weight is 327 g/mol. The third-order valence-electron chi connectivity index (χ3n) is 3.59. The van der Waals surface area contributed by atoms with Crippen LogP contribution in [0, 0.1) is 17.0 Å². The summed E-state index contributed by atoms with van der Waals surface area (Å²) in [4.78, 5) is 15.1. The molecule has 0 saturated carbocycles. The van der Waals surface area contributed by atoms with E-state index >= 15 is 0 Å². The summed E-state index contributed by atoms with van der Waals surface area (Å²) < 4.78 is 1.48. The van der Waals surface area contributed by atoms with Crippen molar-refractivity contribution >= 4 is 11.5 Å². The van der Waals surface area contributed by atoms with Gasteiger partial charge in [0.25, 0.3) is 0 Å². The van der Waals surface area contributed by atoms with Gasteiger partial charge in [-0.15, -0.1) is 0 Å². The molecule has 0 spiro atoms. The first-order valence-electron chi connectivity index (χ1n) is 7.45. The number of hydrogen-bond donors (Lipinski definition) is 2. The summed E-state index contributed by atoms with van der Waals surface area (Å²) in [5.74, 6) is 1.73. The van der Waals surface area contributed by atoms with Gasteiger partial charge >= 0.3 is 5.69 Å². The van der Waals surface area contributed by atoms with E-state index in [-0.39, 0.29) is 5.69 Å². The van der Waals surface area contributed by atoms with Crippen LogP contribution in [0.2, 0.25) is 0 Å². The molecular weight excluding hydrogens is 310 g/mol. The Balaban J connectivity index is 1.66. The molecule has 0 amide bonds. The molecule has 24 heavy (non-hydrogen) atoms. The largest absolute Gasteiger partial charge is 0.364 e. The van der Waals surface area contributed by atoms with E-state index in [0.717, 1.165) is 5.56 Å². The zero-order valence-electron chi connectivity index (χ0n) is 13.4. The molecule has 2 N–H and O–H groups in total. The minimum Gasteiger partial charge on any atom is -0.364 e. The Bertz CT molecular complexity index is 854. The molecule has 0 aliphatic rings. The minimum absolute atomic E-state index is 0.0000412. The number of anilines is 1. The lowest BCUT2D eigenvalue weighted by molar-refractivity contribution is -0.384. The predicted octanol–water partition coefficient (Wildman–Crippen LogP) is 2.08. The van der Waals surface area contributed by atoms with Crippen LogP contribution in [0.1, 0.15) is 11.5 Å². The van der Waals surface area contributed by atoms with Crippen molar-refractivity contribution in [3.05, 3.63) is 52.0 Å². The summed E-state index contributed by atoms with van der Waals surface area (Å²) in [6, 6.07) is 9.66. The maximum Gasteiger partial charge on any atom is 0.333 e. The topological polar surface area (TPSA) is 115 Å². The minimum atomic E-state index is -0.424. The Morgan fingerprint density at radius 3 is 2.79 bits per heavy atom. The zero-order chi connectivity index (χ0) is 17.1. The Labute approximate surface area is 137 Å². The first-order chi connectivity index (χ1) is 11.6. The van der Waals surface area contributed by atoms with Crippen LogP contribution in [0.5, 0.6) is 0 Å². The molecule has 0 aliphatic heterocycles. The van der Waals surface area contributed by atoms with Gasteiger partial charge in [-0.25, -0.2) is 9.67 Å². The number of rotatable bonds is 6. The van der Waals surface area contributed by atoms with E-state index in [1.54, 1.807) is 14.0 Å². The fourth-order valence-electron chi connectivity index (χ4n) is 2.49. The molecule has 0 bridgehead atoms. The number of aromatic nitrogens is 5. The van der Waals surface area contributed by atoms with E-state index < -0.39 is 4.92 Å². The number of aromatic amines is 1. The SMILES string of the molecule is Cc1nn(C)c(NCCc2nc(-c3ccccc3)n[nH]2)c1[N+](=O)[O-]. The number of hydrogen-bond acceptors (Lipinski definition) is 6. The van der Waals surface area contributed by atoms with Crippen molar-refractivity contribution in [3.8, 4) is 11.4 Å². The summed E-state index contributed by atoms with van der Waals surface area (Å²) >= 11 is 0. The van der Waals surface area contributed by atoms with Crippen LogP contribution in [0.15, 0.2) is 30.3 Å². The Morgan fingerprint density at radius 2 is 2.08 bits per heavy atom. The van der Waals surface area contributed by atoms with Crippen LogP contribution >= 0.6 is 0 Å². The lowest BCUT2D eigenvalue weighted by atomic mass is 10.2. The van der Waals surface area contributed by atoms with Crippen LogP contribution < -0.4 is 5.32 Å². The van der Waals surface area contributed by atoms with E-state index in [0.29, 0.717) is 36.1 Å². The van der Waals surface area contributed by atoms with Gasteiger partial charge in [0.15, 0.2) is 5.82 Å². The van der Waals surface area contributed by atoms with E-state index in [2.05, 4.69) is 25.6 Å². The molecule has 0 saturated heterocycles. The highest BCUT2D eigenvalue weighted by molar-refractivity contribution is 5.59. The number of nitro groups is 1. The molecular formula is C15H17N7O2. The maximum atomic E-state index is 11.1. The lowest BCUT2D eigenvalue weighted by Crippen LogP contribution is -2.10. The third kappa shape index (κ3) is 3.09. The number of nitrogens with zero attached hydrogens (tertiary/aromatic N) is 5. The summed E-state index contributed by atoms with van der Waals surface area (Å²) in [7, 11) is 1.67. The summed E-state index contributed by atoms with van der Waals surface area (Å²) in [6.45, 7) is 2.09. The fourth-order valence-corrected chi connectivity index (χ4v) is 2.49. The summed E-state index contributed by atoms with van der Waals surface area (Å²) in [5, 5.41) is 25.3. The van der Waals surface area contributed by atoms with Crippen molar-refractivity contribution in [3.63, 3.8) is 0 Å². The van der Waals surface area contributed by atoms with Gasteiger partial charge in [0.2, 0.25) is 5.82 Å². The van der Waals surface area contributed by atoms with Crippen molar-refractivity contribution in [1.29, 1.82) is 0 Å². The van der Waals surface area contributed by atoms with Gasteiger partial charge in [-0.2, -0.15) is 10.2 Å². The Hall–Kier alpha value is -3.23. The molecule has 9 heteroatoms. The molecule has 1 aromatic carbocycles. The maximum absolute atomic E-state index is 11.1. The highest BCUT2D eigenvalue weighted by Gasteiger charge is 2.23. The van der Waals surface area contributed by atoms with Crippen LogP contribution in [-0.4, -0.2) is 36.4 Å².